The minimum atomic E-state index is 0.205. The minimum Gasteiger partial charge on any atom is -0.475 e. The molecule has 0 bridgehead atoms. The van der Waals surface area contributed by atoms with Gasteiger partial charge in [0.2, 0.25) is 5.90 Å². The number of anilines is 1. The summed E-state index contributed by atoms with van der Waals surface area (Å²) < 4.78 is 13.8. The largest absolute Gasteiger partial charge is 0.475 e. The fourth-order valence-electron chi connectivity index (χ4n) is 4.93. The Bertz CT molecular complexity index is 1150. The van der Waals surface area contributed by atoms with Gasteiger partial charge in [-0.15, -0.1) is 10.2 Å². The second-order valence-electron chi connectivity index (χ2n) is 9.40. The van der Waals surface area contributed by atoms with E-state index in [0.29, 0.717) is 30.7 Å². The second-order valence-corrected chi connectivity index (χ2v) is 9.84. The van der Waals surface area contributed by atoms with Crippen LogP contribution in [0.1, 0.15) is 39.4 Å². The van der Waals surface area contributed by atoms with E-state index in [9.17, 15) is 0 Å². The molecule has 2 atom stereocenters. The number of methoxy groups -OCH3 is 1. The molecule has 2 aromatic rings. The van der Waals surface area contributed by atoms with E-state index in [2.05, 4.69) is 58.8 Å². The van der Waals surface area contributed by atoms with Crippen LogP contribution in [0.3, 0.4) is 0 Å². The third-order valence-corrected chi connectivity index (χ3v) is 6.63. The number of hydrogen-bond donors (Lipinski definition) is 0. The lowest BCUT2D eigenvalue weighted by Gasteiger charge is -2.26. The van der Waals surface area contributed by atoms with Crippen molar-refractivity contribution in [3.05, 3.63) is 52.6 Å². The minimum absolute atomic E-state index is 0.205. The molecule has 4 heterocycles. The lowest BCUT2D eigenvalue weighted by Crippen LogP contribution is -2.24. The van der Waals surface area contributed by atoms with Crippen molar-refractivity contribution >= 4 is 23.2 Å². The van der Waals surface area contributed by atoms with Gasteiger partial charge in [0, 0.05) is 29.5 Å². The predicted molar refractivity (Wildman–Crippen MR) is 130 cm³/mol. The number of benzene rings is 1. The average Bonchev–Trinajstić information content (AvgIpc) is 3.30. The summed E-state index contributed by atoms with van der Waals surface area (Å²) in [7, 11) is 1.67. The summed E-state index contributed by atoms with van der Waals surface area (Å²) in [6, 6.07) is 6.14. The van der Waals surface area contributed by atoms with Crippen molar-refractivity contribution in [2.75, 3.05) is 18.6 Å². The number of hydrogen-bond acceptors (Lipinski definition) is 6. The Kier molecular flexibility index (Phi) is 6.01. The van der Waals surface area contributed by atoms with Gasteiger partial charge >= 0.3 is 0 Å². The highest BCUT2D eigenvalue weighted by Crippen LogP contribution is 2.42. The molecule has 5 rings (SSSR count). The van der Waals surface area contributed by atoms with Gasteiger partial charge < -0.3 is 18.9 Å². The molecule has 3 aliphatic rings. The molecule has 174 valence electrons. The lowest BCUT2D eigenvalue weighted by atomic mass is 9.95. The second kappa shape index (κ2) is 8.95. The molecule has 1 unspecified atom stereocenters. The topological polar surface area (TPSA) is 64.8 Å². The van der Waals surface area contributed by atoms with Crippen molar-refractivity contribution in [2.24, 2.45) is 16.8 Å². The van der Waals surface area contributed by atoms with E-state index in [0.717, 1.165) is 52.9 Å². The van der Waals surface area contributed by atoms with Crippen molar-refractivity contribution in [1.29, 1.82) is 0 Å². The van der Waals surface area contributed by atoms with Gasteiger partial charge in [-0.3, -0.25) is 0 Å². The zero-order valence-corrected chi connectivity index (χ0v) is 20.3. The van der Waals surface area contributed by atoms with Crippen LogP contribution in [0.5, 0.6) is 0 Å². The summed E-state index contributed by atoms with van der Waals surface area (Å²) in [6.45, 7) is 8.32. The maximum atomic E-state index is 6.41. The van der Waals surface area contributed by atoms with Crippen molar-refractivity contribution < 1.29 is 9.47 Å². The highest BCUT2D eigenvalue weighted by atomic mass is 35.5. The smallest absolute Gasteiger partial charge is 0.214 e. The van der Waals surface area contributed by atoms with E-state index in [-0.39, 0.29) is 12.0 Å². The van der Waals surface area contributed by atoms with Crippen LogP contribution in [0.25, 0.3) is 11.4 Å². The number of rotatable bonds is 5. The Hall–Kier alpha value is -2.64. The fraction of sp³-hybridized carbons (Fsp3) is 0.480. The number of halogens is 1. The number of ether oxygens (including phenoxy) is 2. The molecule has 0 N–H and O–H groups in total. The van der Waals surface area contributed by atoms with Crippen LogP contribution in [-0.2, 0) is 22.6 Å². The standard InChI is InChI=1S/C25H30ClN5O2/c1-15(2)10-18-13-33-25(27-18)23-16(3)6-5-9-30-20-8-7-17(26)11-19(20)24-29-28-22(14-32-4)31(24)12-21(23)30/h5,7-9,11,15-16,18H,6,10,12-14H2,1-4H3/t16?,18-/m1/s1. The Morgan fingerprint density at radius 3 is 2.91 bits per heavy atom. The van der Waals surface area contributed by atoms with Crippen LogP contribution in [-0.4, -0.2) is 40.4 Å². The molecule has 1 aromatic carbocycles. The molecular weight excluding hydrogens is 438 g/mol. The first-order valence-corrected chi connectivity index (χ1v) is 11.9. The van der Waals surface area contributed by atoms with Crippen LogP contribution in [0.4, 0.5) is 5.69 Å². The van der Waals surface area contributed by atoms with Crippen molar-refractivity contribution in [3.63, 3.8) is 0 Å². The molecular formula is C25H30ClN5O2. The molecule has 0 spiro atoms. The third-order valence-electron chi connectivity index (χ3n) is 6.39. The highest BCUT2D eigenvalue weighted by Gasteiger charge is 2.34. The van der Waals surface area contributed by atoms with Crippen LogP contribution in [0.2, 0.25) is 5.02 Å². The number of nitrogens with zero attached hydrogens (tertiary/aromatic N) is 5. The lowest BCUT2D eigenvalue weighted by molar-refractivity contribution is 0.174. The maximum absolute atomic E-state index is 6.41. The number of allylic oxidation sites excluding steroid dienone is 2. The summed E-state index contributed by atoms with van der Waals surface area (Å²) in [5.74, 6) is 3.18. The monoisotopic (exact) mass is 467 g/mol. The normalized spacial score (nSPS) is 21.9. The molecule has 0 saturated heterocycles. The molecule has 0 fully saturated rings. The molecule has 1 aromatic heterocycles. The SMILES string of the molecule is COCc1nnc2n1CC1=C(C3=N[C@H](CC(C)C)CO3)C(C)CC=CN1c1ccc(Cl)cc1-2. The third kappa shape index (κ3) is 4.08. The number of aliphatic imine (C=N–C) groups is 1. The van der Waals surface area contributed by atoms with Gasteiger partial charge in [0.05, 0.1) is 24.0 Å². The Balaban J connectivity index is 1.72. The van der Waals surface area contributed by atoms with E-state index in [4.69, 9.17) is 26.1 Å². The first kappa shape index (κ1) is 22.2. The number of aromatic nitrogens is 3. The van der Waals surface area contributed by atoms with Gasteiger partial charge in [0.25, 0.3) is 0 Å². The summed E-state index contributed by atoms with van der Waals surface area (Å²) in [4.78, 5) is 7.28. The van der Waals surface area contributed by atoms with E-state index in [1.807, 2.05) is 12.1 Å². The molecule has 0 radical (unpaired) electrons. The van der Waals surface area contributed by atoms with Crippen molar-refractivity contribution in [1.82, 2.24) is 14.8 Å². The molecule has 0 saturated carbocycles. The van der Waals surface area contributed by atoms with Crippen molar-refractivity contribution in [2.45, 2.75) is 52.8 Å². The summed E-state index contributed by atoms with van der Waals surface area (Å²) in [6.07, 6.45) is 6.31. The van der Waals surface area contributed by atoms with Gasteiger partial charge in [0.1, 0.15) is 13.2 Å². The summed E-state index contributed by atoms with van der Waals surface area (Å²) in [5.41, 5.74) is 4.24. The molecule has 7 nitrogen and oxygen atoms in total. The average molecular weight is 468 g/mol. The summed E-state index contributed by atoms with van der Waals surface area (Å²) in [5, 5.41) is 9.62. The van der Waals surface area contributed by atoms with E-state index in [1.54, 1.807) is 7.11 Å². The van der Waals surface area contributed by atoms with Crippen molar-refractivity contribution in [3.8, 4) is 11.4 Å². The molecule has 0 aliphatic carbocycles. The first-order valence-electron chi connectivity index (χ1n) is 11.6. The first-order chi connectivity index (χ1) is 16.0. The van der Waals surface area contributed by atoms with E-state index < -0.39 is 0 Å². The van der Waals surface area contributed by atoms with Crippen LogP contribution in [0.15, 0.2) is 46.7 Å². The van der Waals surface area contributed by atoms with Gasteiger partial charge in [-0.25, -0.2) is 4.99 Å². The van der Waals surface area contributed by atoms with Gasteiger partial charge in [-0.1, -0.05) is 38.4 Å². The van der Waals surface area contributed by atoms with Gasteiger partial charge in [-0.05, 0) is 42.9 Å². The molecule has 0 amide bonds. The van der Waals surface area contributed by atoms with Crippen LogP contribution in [0, 0.1) is 11.8 Å². The van der Waals surface area contributed by atoms with E-state index >= 15 is 0 Å². The Morgan fingerprint density at radius 2 is 2.12 bits per heavy atom. The molecule has 3 aliphatic heterocycles. The fourth-order valence-corrected chi connectivity index (χ4v) is 5.10. The zero-order valence-electron chi connectivity index (χ0n) is 19.6. The molecule has 8 heteroatoms. The predicted octanol–water partition coefficient (Wildman–Crippen LogP) is 5.22. The highest BCUT2D eigenvalue weighted by molar-refractivity contribution is 6.31. The summed E-state index contributed by atoms with van der Waals surface area (Å²) >= 11 is 6.41. The Morgan fingerprint density at radius 1 is 1.27 bits per heavy atom. The quantitative estimate of drug-likeness (QED) is 0.603. The van der Waals surface area contributed by atoms with Gasteiger partial charge in [-0.2, -0.15) is 0 Å². The molecule has 33 heavy (non-hydrogen) atoms. The van der Waals surface area contributed by atoms with Crippen LogP contribution < -0.4 is 4.90 Å². The Labute approximate surface area is 199 Å². The number of fused-ring (bicyclic) bond motifs is 5. The van der Waals surface area contributed by atoms with E-state index in [1.165, 1.54) is 0 Å². The van der Waals surface area contributed by atoms with Gasteiger partial charge in [0.15, 0.2) is 11.6 Å². The van der Waals surface area contributed by atoms with Crippen LogP contribution >= 0.6 is 11.6 Å². The zero-order chi connectivity index (χ0) is 23.1. The maximum Gasteiger partial charge on any atom is 0.214 e.